The number of nitrogens with one attached hydrogen (secondary N) is 1. The van der Waals surface area contributed by atoms with Crippen LogP contribution >= 0.6 is 0 Å². The van der Waals surface area contributed by atoms with E-state index in [1.165, 1.54) is 12.8 Å². The lowest BCUT2D eigenvalue weighted by molar-refractivity contribution is 0.136. The first-order valence-electron chi connectivity index (χ1n) is 7.92. The molecule has 1 fully saturated rings. The molecule has 1 aromatic carbocycles. The first-order chi connectivity index (χ1) is 10.2. The number of aliphatic hydroxyl groups excluding tert-OH is 2. The van der Waals surface area contributed by atoms with E-state index in [2.05, 4.69) is 12.2 Å². The maximum Gasteiger partial charge on any atom is 0.119 e. The molecule has 0 aromatic heterocycles. The molecule has 1 atom stereocenters. The molecule has 1 saturated carbocycles. The molecule has 0 aliphatic heterocycles. The maximum absolute atomic E-state index is 9.71. The molecule has 4 nitrogen and oxygen atoms in total. The lowest BCUT2D eigenvalue weighted by atomic mass is 9.91. The highest BCUT2D eigenvalue weighted by atomic mass is 16.5. The molecule has 0 bridgehead atoms. The quantitative estimate of drug-likeness (QED) is 0.579. The van der Waals surface area contributed by atoms with Gasteiger partial charge >= 0.3 is 0 Å². The molecule has 0 spiro atoms. The average molecular weight is 293 g/mol. The van der Waals surface area contributed by atoms with Crippen LogP contribution < -0.4 is 10.1 Å². The number of aliphatic hydroxyl groups is 2. The van der Waals surface area contributed by atoms with Crippen molar-refractivity contribution in [3.05, 3.63) is 29.8 Å². The Kier molecular flexibility index (Phi) is 6.03. The average Bonchev–Trinajstić information content (AvgIpc) is 3.34. The number of hydrogen-bond acceptors (Lipinski definition) is 4. The van der Waals surface area contributed by atoms with Crippen LogP contribution in [0, 0.1) is 0 Å². The molecular formula is C17H27NO3. The Morgan fingerprint density at radius 3 is 2.76 bits per heavy atom. The highest BCUT2D eigenvalue weighted by molar-refractivity contribution is 5.27. The van der Waals surface area contributed by atoms with Crippen molar-refractivity contribution in [2.45, 2.75) is 57.2 Å². The molecule has 2 rings (SSSR count). The standard InChI is InChI=1S/C17H27NO3/c1-2-17(13-20,18-15-7-8-15)9-4-10-21-16-6-3-5-14(11-16)12-19/h3,5-6,11,15,18-20H,2,4,7-10,12-13H2,1H3. The van der Waals surface area contributed by atoms with Crippen molar-refractivity contribution >= 4 is 0 Å². The Hall–Kier alpha value is -1.10. The van der Waals surface area contributed by atoms with Gasteiger partial charge in [-0.3, -0.25) is 0 Å². The van der Waals surface area contributed by atoms with Crippen LogP contribution in [0.15, 0.2) is 24.3 Å². The van der Waals surface area contributed by atoms with Crippen molar-refractivity contribution < 1.29 is 14.9 Å². The third-order valence-electron chi connectivity index (χ3n) is 4.22. The van der Waals surface area contributed by atoms with E-state index in [1.807, 2.05) is 24.3 Å². The molecule has 1 aliphatic rings. The second-order valence-corrected chi connectivity index (χ2v) is 5.97. The zero-order valence-corrected chi connectivity index (χ0v) is 12.8. The molecule has 0 amide bonds. The van der Waals surface area contributed by atoms with Crippen LogP contribution in [-0.4, -0.2) is 35.0 Å². The first kappa shape index (κ1) is 16.3. The van der Waals surface area contributed by atoms with Crippen molar-refractivity contribution in [2.75, 3.05) is 13.2 Å². The molecule has 1 aromatic rings. The van der Waals surface area contributed by atoms with Gasteiger partial charge in [0.25, 0.3) is 0 Å². The summed E-state index contributed by atoms with van der Waals surface area (Å²) >= 11 is 0. The van der Waals surface area contributed by atoms with Gasteiger partial charge < -0.3 is 20.3 Å². The van der Waals surface area contributed by atoms with E-state index in [0.29, 0.717) is 12.6 Å². The van der Waals surface area contributed by atoms with E-state index in [9.17, 15) is 5.11 Å². The zero-order valence-electron chi connectivity index (χ0n) is 12.8. The fourth-order valence-electron chi connectivity index (χ4n) is 2.58. The smallest absolute Gasteiger partial charge is 0.119 e. The van der Waals surface area contributed by atoms with Gasteiger partial charge in [-0.1, -0.05) is 19.1 Å². The minimum Gasteiger partial charge on any atom is -0.494 e. The highest BCUT2D eigenvalue weighted by Gasteiger charge is 2.33. The van der Waals surface area contributed by atoms with Gasteiger partial charge in [0.05, 0.1) is 19.8 Å². The minimum absolute atomic E-state index is 0.0337. The topological polar surface area (TPSA) is 61.7 Å². The third kappa shape index (κ3) is 4.99. The van der Waals surface area contributed by atoms with E-state index in [1.54, 1.807) is 0 Å². The molecule has 4 heteroatoms. The summed E-state index contributed by atoms with van der Waals surface area (Å²) in [7, 11) is 0. The fraction of sp³-hybridized carbons (Fsp3) is 0.647. The molecule has 0 saturated heterocycles. The number of benzene rings is 1. The molecule has 21 heavy (non-hydrogen) atoms. The number of rotatable bonds is 10. The lowest BCUT2D eigenvalue weighted by Crippen LogP contribution is -2.49. The van der Waals surface area contributed by atoms with Crippen LogP contribution in [-0.2, 0) is 6.61 Å². The molecule has 0 radical (unpaired) electrons. The predicted octanol–water partition coefficient (Wildman–Crippen LogP) is 2.23. The van der Waals surface area contributed by atoms with Gasteiger partial charge in [-0.2, -0.15) is 0 Å². The molecular weight excluding hydrogens is 266 g/mol. The van der Waals surface area contributed by atoms with Crippen LogP contribution in [0.3, 0.4) is 0 Å². The molecule has 118 valence electrons. The largest absolute Gasteiger partial charge is 0.494 e. The van der Waals surface area contributed by atoms with Gasteiger partial charge in [-0.15, -0.1) is 0 Å². The van der Waals surface area contributed by atoms with Gasteiger partial charge in [0.2, 0.25) is 0 Å². The monoisotopic (exact) mass is 293 g/mol. The normalized spacial score (nSPS) is 17.5. The van der Waals surface area contributed by atoms with Crippen molar-refractivity contribution in [1.29, 1.82) is 0 Å². The Balaban J connectivity index is 1.76. The van der Waals surface area contributed by atoms with Gasteiger partial charge in [0.15, 0.2) is 0 Å². The first-order valence-corrected chi connectivity index (χ1v) is 7.92. The van der Waals surface area contributed by atoms with Gasteiger partial charge in [-0.25, -0.2) is 0 Å². The van der Waals surface area contributed by atoms with E-state index >= 15 is 0 Å². The Morgan fingerprint density at radius 1 is 1.33 bits per heavy atom. The molecule has 1 aliphatic carbocycles. The summed E-state index contributed by atoms with van der Waals surface area (Å²) in [6.45, 7) is 2.96. The van der Waals surface area contributed by atoms with Crippen LogP contribution in [0.4, 0.5) is 0 Å². The second-order valence-electron chi connectivity index (χ2n) is 5.97. The summed E-state index contributed by atoms with van der Waals surface area (Å²) in [4.78, 5) is 0. The Bertz CT molecular complexity index is 428. The third-order valence-corrected chi connectivity index (χ3v) is 4.22. The van der Waals surface area contributed by atoms with Gasteiger partial charge in [0, 0.05) is 11.6 Å². The maximum atomic E-state index is 9.71. The summed E-state index contributed by atoms with van der Waals surface area (Å²) in [6.07, 6.45) is 5.20. The van der Waals surface area contributed by atoms with Gasteiger partial charge in [-0.05, 0) is 49.8 Å². The number of hydrogen-bond donors (Lipinski definition) is 3. The van der Waals surface area contributed by atoms with Crippen molar-refractivity contribution in [2.24, 2.45) is 0 Å². The summed E-state index contributed by atoms with van der Waals surface area (Å²) < 4.78 is 5.73. The van der Waals surface area contributed by atoms with Crippen molar-refractivity contribution in [3.8, 4) is 5.75 Å². The van der Waals surface area contributed by atoms with Crippen molar-refractivity contribution in [1.82, 2.24) is 5.32 Å². The van der Waals surface area contributed by atoms with Crippen LogP contribution in [0.25, 0.3) is 0 Å². The van der Waals surface area contributed by atoms with Crippen LogP contribution in [0.5, 0.6) is 5.75 Å². The predicted molar refractivity (Wildman–Crippen MR) is 83.4 cm³/mol. The van der Waals surface area contributed by atoms with Crippen LogP contribution in [0.1, 0.15) is 44.6 Å². The van der Waals surface area contributed by atoms with Crippen molar-refractivity contribution in [3.63, 3.8) is 0 Å². The molecule has 1 unspecified atom stereocenters. The van der Waals surface area contributed by atoms with E-state index in [4.69, 9.17) is 9.84 Å². The summed E-state index contributed by atoms with van der Waals surface area (Å²) in [5.74, 6) is 0.794. The van der Waals surface area contributed by atoms with Crippen LogP contribution in [0.2, 0.25) is 0 Å². The van der Waals surface area contributed by atoms with Gasteiger partial charge in [0.1, 0.15) is 5.75 Å². The summed E-state index contributed by atoms with van der Waals surface area (Å²) in [5, 5.41) is 22.4. The van der Waals surface area contributed by atoms with E-state index in [0.717, 1.165) is 30.6 Å². The lowest BCUT2D eigenvalue weighted by Gasteiger charge is -2.32. The fourth-order valence-corrected chi connectivity index (χ4v) is 2.58. The SMILES string of the molecule is CCC(CO)(CCCOc1cccc(CO)c1)NC1CC1. The summed E-state index contributed by atoms with van der Waals surface area (Å²) in [5.41, 5.74) is 0.707. The van der Waals surface area contributed by atoms with E-state index < -0.39 is 0 Å². The zero-order chi connectivity index (χ0) is 15.1. The molecule has 0 heterocycles. The highest BCUT2D eigenvalue weighted by Crippen LogP contribution is 2.27. The Labute approximate surface area is 127 Å². The molecule has 3 N–H and O–H groups in total. The summed E-state index contributed by atoms with van der Waals surface area (Å²) in [6, 6.07) is 8.13. The second kappa shape index (κ2) is 7.78. The minimum atomic E-state index is -0.155. The Morgan fingerprint density at radius 2 is 2.14 bits per heavy atom. The van der Waals surface area contributed by atoms with E-state index in [-0.39, 0.29) is 18.8 Å². The number of ether oxygens (including phenoxy) is 1.